The minimum atomic E-state index is -0.0826. The van der Waals surface area contributed by atoms with Crippen LogP contribution in [0.25, 0.3) is 0 Å². The second-order valence-electron chi connectivity index (χ2n) is 3.07. The van der Waals surface area contributed by atoms with Crippen LogP contribution in [0.15, 0.2) is 28.4 Å². The van der Waals surface area contributed by atoms with Crippen molar-refractivity contribution >= 4 is 21.6 Å². The molecule has 0 aliphatic heterocycles. The minimum Gasteiger partial charge on any atom is -0.495 e. The molecular formula is C12H7BrN4O. The molecule has 0 saturated heterocycles. The highest BCUT2D eigenvalue weighted by Crippen LogP contribution is 2.31. The summed E-state index contributed by atoms with van der Waals surface area (Å²) in [6, 6.07) is 8.62. The van der Waals surface area contributed by atoms with Crippen molar-refractivity contribution < 1.29 is 4.74 Å². The summed E-state index contributed by atoms with van der Waals surface area (Å²) in [6.45, 7) is 0. The number of rotatable bonds is 3. The van der Waals surface area contributed by atoms with Gasteiger partial charge in [0.15, 0.2) is 0 Å². The van der Waals surface area contributed by atoms with Gasteiger partial charge in [-0.15, -0.1) is 0 Å². The van der Waals surface area contributed by atoms with Gasteiger partial charge in [-0.25, -0.2) is 0 Å². The molecule has 1 aromatic carbocycles. The summed E-state index contributed by atoms with van der Waals surface area (Å²) in [5.74, 6) is 0.542. The van der Waals surface area contributed by atoms with Crippen molar-refractivity contribution in [3.05, 3.63) is 33.9 Å². The van der Waals surface area contributed by atoms with Gasteiger partial charge in [0.05, 0.1) is 22.8 Å². The fraction of sp³-hybridized carbons (Fsp3) is 0.0833. The van der Waals surface area contributed by atoms with Crippen molar-refractivity contribution in [1.29, 1.82) is 15.8 Å². The van der Waals surface area contributed by atoms with E-state index in [0.717, 1.165) is 0 Å². The summed E-state index contributed by atoms with van der Waals surface area (Å²) in [5, 5.41) is 28.9. The van der Waals surface area contributed by atoms with Crippen molar-refractivity contribution in [1.82, 2.24) is 0 Å². The van der Waals surface area contributed by atoms with Gasteiger partial charge < -0.3 is 10.1 Å². The van der Waals surface area contributed by atoms with Crippen LogP contribution in [0.3, 0.4) is 0 Å². The molecule has 0 aliphatic rings. The van der Waals surface area contributed by atoms with Gasteiger partial charge in [0.1, 0.15) is 29.5 Å². The molecule has 0 aromatic heterocycles. The first kappa shape index (κ1) is 13.6. The molecule has 88 valence electrons. The number of nitrogens with one attached hydrogen (secondary N) is 1. The Morgan fingerprint density at radius 1 is 1.33 bits per heavy atom. The molecule has 0 heterocycles. The molecule has 18 heavy (non-hydrogen) atoms. The lowest BCUT2D eigenvalue weighted by Gasteiger charge is -2.08. The number of ether oxygens (including phenoxy) is 1. The molecule has 0 saturated carbocycles. The number of benzene rings is 1. The lowest BCUT2D eigenvalue weighted by atomic mass is 10.2. The quantitative estimate of drug-likeness (QED) is 0.866. The average molecular weight is 303 g/mol. The number of halogens is 1. The average Bonchev–Trinajstić information content (AvgIpc) is 2.40. The van der Waals surface area contributed by atoms with Crippen molar-refractivity contribution in [2.45, 2.75) is 0 Å². The second-order valence-corrected chi connectivity index (χ2v) is 3.92. The molecule has 1 rings (SSSR count). The van der Waals surface area contributed by atoms with Crippen molar-refractivity contribution in [2.75, 3.05) is 12.4 Å². The van der Waals surface area contributed by atoms with Gasteiger partial charge in [-0.3, -0.25) is 0 Å². The molecule has 0 aliphatic carbocycles. The smallest absolute Gasteiger partial charge is 0.145 e. The van der Waals surface area contributed by atoms with Crippen LogP contribution in [0, 0.1) is 34.0 Å². The topological polar surface area (TPSA) is 92.6 Å². The molecule has 0 unspecified atom stereocenters. The Kier molecular flexibility index (Phi) is 4.75. The predicted molar refractivity (Wildman–Crippen MR) is 68.3 cm³/mol. The molecule has 0 radical (unpaired) electrons. The normalized spacial score (nSPS) is 8.39. The first-order valence-corrected chi connectivity index (χ1v) is 5.50. The lowest BCUT2D eigenvalue weighted by Crippen LogP contribution is -1.95. The summed E-state index contributed by atoms with van der Waals surface area (Å²) in [5.41, 5.74) is 0.746. The Morgan fingerprint density at radius 2 is 2.00 bits per heavy atom. The highest BCUT2D eigenvalue weighted by Gasteiger charge is 2.08. The molecule has 0 fully saturated rings. The fourth-order valence-corrected chi connectivity index (χ4v) is 1.67. The number of nitrogens with zero attached hydrogens (tertiary/aromatic N) is 3. The SMILES string of the molecule is COc1cc(NC=C(C#N)C#N)c(C#N)cc1Br. The van der Waals surface area contributed by atoms with Gasteiger partial charge in [-0.05, 0) is 22.0 Å². The van der Waals surface area contributed by atoms with Crippen molar-refractivity contribution in [3.8, 4) is 24.0 Å². The molecule has 5 nitrogen and oxygen atoms in total. The third-order valence-corrected chi connectivity index (χ3v) is 2.65. The Labute approximate surface area is 113 Å². The Balaban J connectivity index is 3.18. The molecule has 0 bridgehead atoms. The third-order valence-electron chi connectivity index (χ3n) is 2.03. The van der Waals surface area contributed by atoms with E-state index < -0.39 is 0 Å². The first-order chi connectivity index (χ1) is 8.65. The molecule has 0 amide bonds. The van der Waals surface area contributed by atoms with Crippen LogP contribution in [-0.4, -0.2) is 7.11 Å². The van der Waals surface area contributed by atoms with E-state index in [4.69, 9.17) is 20.5 Å². The van der Waals surface area contributed by atoms with Gasteiger partial charge in [0, 0.05) is 12.3 Å². The van der Waals surface area contributed by atoms with Gasteiger partial charge in [-0.2, -0.15) is 15.8 Å². The maximum atomic E-state index is 8.98. The van der Waals surface area contributed by atoms with Crippen LogP contribution in [0.5, 0.6) is 5.75 Å². The number of anilines is 1. The van der Waals surface area contributed by atoms with Crippen LogP contribution in [-0.2, 0) is 0 Å². The van der Waals surface area contributed by atoms with Gasteiger partial charge >= 0.3 is 0 Å². The zero-order chi connectivity index (χ0) is 13.5. The Morgan fingerprint density at radius 3 is 2.50 bits per heavy atom. The molecule has 0 spiro atoms. The first-order valence-electron chi connectivity index (χ1n) is 4.70. The monoisotopic (exact) mass is 302 g/mol. The largest absolute Gasteiger partial charge is 0.495 e. The van der Waals surface area contributed by atoms with Crippen molar-refractivity contribution in [3.63, 3.8) is 0 Å². The highest BCUT2D eigenvalue weighted by atomic mass is 79.9. The van der Waals surface area contributed by atoms with Crippen LogP contribution in [0.2, 0.25) is 0 Å². The molecule has 6 heteroatoms. The van der Waals surface area contributed by atoms with Crippen LogP contribution in [0.4, 0.5) is 5.69 Å². The van der Waals surface area contributed by atoms with E-state index in [-0.39, 0.29) is 5.57 Å². The standard InChI is InChI=1S/C12H7BrN4O/c1-18-12-3-11(9(6-16)2-10(12)13)17-7-8(4-14)5-15/h2-3,7,17H,1H3. The van der Waals surface area contributed by atoms with Crippen LogP contribution >= 0.6 is 15.9 Å². The van der Waals surface area contributed by atoms with Gasteiger partial charge in [0.2, 0.25) is 0 Å². The molecular weight excluding hydrogens is 296 g/mol. The van der Waals surface area contributed by atoms with Gasteiger partial charge in [0.25, 0.3) is 0 Å². The zero-order valence-electron chi connectivity index (χ0n) is 9.36. The molecule has 1 aromatic rings. The summed E-state index contributed by atoms with van der Waals surface area (Å²) in [6.07, 6.45) is 1.24. The van der Waals surface area contributed by atoms with Crippen LogP contribution in [0.1, 0.15) is 5.56 Å². The summed E-state index contributed by atoms with van der Waals surface area (Å²) in [4.78, 5) is 0. The zero-order valence-corrected chi connectivity index (χ0v) is 10.9. The predicted octanol–water partition coefficient (Wildman–Crippen LogP) is 2.67. The van der Waals surface area contributed by atoms with E-state index in [9.17, 15) is 0 Å². The van der Waals surface area contributed by atoms with Gasteiger partial charge in [-0.1, -0.05) is 0 Å². The van der Waals surface area contributed by atoms with E-state index in [1.54, 1.807) is 24.3 Å². The summed E-state index contributed by atoms with van der Waals surface area (Å²) in [7, 11) is 1.50. The number of hydrogen-bond acceptors (Lipinski definition) is 5. The summed E-state index contributed by atoms with van der Waals surface area (Å²) < 4.78 is 5.75. The second kappa shape index (κ2) is 6.30. The van der Waals surface area contributed by atoms with E-state index >= 15 is 0 Å². The summed E-state index contributed by atoms with van der Waals surface area (Å²) >= 11 is 3.27. The minimum absolute atomic E-state index is 0.0826. The highest BCUT2D eigenvalue weighted by molar-refractivity contribution is 9.10. The van der Waals surface area contributed by atoms with E-state index in [1.807, 2.05) is 6.07 Å². The number of methoxy groups -OCH3 is 1. The lowest BCUT2D eigenvalue weighted by molar-refractivity contribution is 0.412. The van der Waals surface area contributed by atoms with Crippen molar-refractivity contribution in [2.24, 2.45) is 0 Å². The van der Waals surface area contributed by atoms with E-state index in [2.05, 4.69) is 21.2 Å². The number of allylic oxidation sites excluding steroid dienone is 1. The fourth-order valence-electron chi connectivity index (χ4n) is 1.16. The maximum absolute atomic E-state index is 8.98. The van der Waals surface area contributed by atoms with E-state index in [1.165, 1.54) is 13.3 Å². The number of nitriles is 3. The molecule has 1 N–H and O–H groups in total. The molecule has 0 atom stereocenters. The third kappa shape index (κ3) is 3.01. The Bertz CT molecular complexity index is 601. The maximum Gasteiger partial charge on any atom is 0.145 e. The van der Waals surface area contributed by atoms with Crippen LogP contribution < -0.4 is 10.1 Å². The van der Waals surface area contributed by atoms with E-state index in [0.29, 0.717) is 21.5 Å². The Hall–Kier alpha value is -2.49. The number of hydrogen-bond donors (Lipinski definition) is 1.